The summed E-state index contributed by atoms with van der Waals surface area (Å²) in [6.07, 6.45) is 2.50. The average Bonchev–Trinajstić information content (AvgIpc) is 3.23. The fraction of sp³-hybridized carbons (Fsp3) is 0.500. The molecular weight excluding hydrogens is 228 g/mol. The highest BCUT2D eigenvalue weighted by Gasteiger charge is 2.31. The van der Waals surface area contributed by atoms with E-state index in [4.69, 9.17) is 14.7 Å². The van der Waals surface area contributed by atoms with Gasteiger partial charge in [-0.1, -0.05) is 0 Å². The number of hydrogen-bond donors (Lipinski definition) is 1. The standard InChI is InChI=1S/C14H18N2O2/c1-17-9-13(11-4-5-11)16-12-6-3-10(8-15)7-14(12)18-2/h3,6-7,11,13,16H,4-5,9H2,1-2H3. The Morgan fingerprint density at radius 2 is 2.22 bits per heavy atom. The molecule has 0 bridgehead atoms. The van der Waals surface area contributed by atoms with Crippen molar-refractivity contribution >= 4 is 5.69 Å². The highest BCUT2D eigenvalue weighted by Crippen LogP contribution is 2.36. The summed E-state index contributed by atoms with van der Waals surface area (Å²) in [5, 5.41) is 12.3. The Kier molecular flexibility index (Phi) is 4.06. The minimum absolute atomic E-state index is 0.317. The first kappa shape index (κ1) is 12.7. The van der Waals surface area contributed by atoms with Crippen molar-refractivity contribution in [3.05, 3.63) is 23.8 Å². The molecule has 18 heavy (non-hydrogen) atoms. The zero-order chi connectivity index (χ0) is 13.0. The third kappa shape index (κ3) is 2.93. The molecule has 1 fully saturated rings. The van der Waals surface area contributed by atoms with E-state index < -0.39 is 0 Å². The minimum Gasteiger partial charge on any atom is -0.495 e. The summed E-state index contributed by atoms with van der Waals surface area (Å²) in [6.45, 7) is 0.688. The van der Waals surface area contributed by atoms with Gasteiger partial charge in [-0.05, 0) is 30.9 Å². The summed E-state index contributed by atoms with van der Waals surface area (Å²) in [5.41, 5.74) is 1.53. The monoisotopic (exact) mass is 246 g/mol. The van der Waals surface area contributed by atoms with E-state index in [0.29, 0.717) is 29.9 Å². The molecule has 1 aliphatic carbocycles. The van der Waals surface area contributed by atoms with Gasteiger partial charge in [-0.3, -0.25) is 0 Å². The maximum absolute atomic E-state index is 8.87. The Morgan fingerprint density at radius 3 is 2.78 bits per heavy atom. The lowest BCUT2D eigenvalue weighted by Gasteiger charge is -2.20. The smallest absolute Gasteiger partial charge is 0.143 e. The summed E-state index contributed by atoms with van der Waals surface area (Å²) in [4.78, 5) is 0. The molecule has 1 aliphatic rings. The lowest BCUT2D eigenvalue weighted by atomic mass is 10.1. The number of hydrogen-bond acceptors (Lipinski definition) is 4. The second kappa shape index (κ2) is 5.74. The Bertz CT molecular complexity index is 450. The average molecular weight is 246 g/mol. The number of nitrogens with one attached hydrogen (secondary N) is 1. The van der Waals surface area contributed by atoms with Crippen molar-refractivity contribution in [2.45, 2.75) is 18.9 Å². The van der Waals surface area contributed by atoms with Gasteiger partial charge in [0, 0.05) is 13.2 Å². The van der Waals surface area contributed by atoms with Crippen LogP contribution < -0.4 is 10.1 Å². The molecule has 0 spiro atoms. The molecule has 0 heterocycles. The zero-order valence-corrected chi connectivity index (χ0v) is 10.8. The maximum atomic E-state index is 8.87. The van der Waals surface area contributed by atoms with Gasteiger partial charge in [0.1, 0.15) is 5.75 Å². The van der Waals surface area contributed by atoms with Crippen LogP contribution in [0.3, 0.4) is 0 Å². The Hall–Kier alpha value is -1.73. The van der Waals surface area contributed by atoms with Crippen molar-refractivity contribution in [3.8, 4) is 11.8 Å². The summed E-state index contributed by atoms with van der Waals surface area (Å²) in [6, 6.07) is 7.86. The van der Waals surface area contributed by atoms with Crippen molar-refractivity contribution in [2.75, 3.05) is 26.1 Å². The van der Waals surface area contributed by atoms with Crippen LogP contribution >= 0.6 is 0 Å². The SMILES string of the molecule is COCC(Nc1ccc(C#N)cc1OC)C1CC1. The second-order valence-electron chi connectivity index (χ2n) is 4.57. The Balaban J connectivity index is 2.14. The highest BCUT2D eigenvalue weighted by atomic mass is 16.5. The van der Waals surface area contributed by atoms with Gasteiger partial charge in [-0.2, -0.15) is 5.26 Å². The van der Waals surface area contributed by atoms with Crippen LogP contribution in [0.1, 0.15) is 18.4 Å². The van der Waals surface area contributed by atoms with Gasteiger partial charge in [0.25, 0.3) is 0 Å². The lowest BCUT2D eigenvalue weighted by Crippen LogP contribution is -2.27. The predicted octanol–water partition coefficient (Wildman–Crippen LogP) is 2.40. The van der Waals surface area contributed by atoms with E-state index in [1.807, 2.05) is 6.07 Å². The molecule has 1 aromatic carbocycles. The van der Waals surface area contributed by atoms with E-state index in [9.17, 15) is 0 Å². The fourth-order valence-electron chi connectivity index (χ4n) is 2.05. The quantitative estimate of drug-likeness (QED) is 0.837. The van der Waals surface area contributed by atoms with Crippen LogP contribution in [0.5, 0.6) is 5.75 Å². The Labute approximate surface area is 108 Å². The number of ether oxygens (including phenoxy) is 2. The molecule has 1 atom stereocenters. The van der Waals surface area contributed by atoms with Gasteiger partial charge in [-0.25, -0.2) is 0 Å². The molecule has 1 aromatic rings. The Morgan fingerprint density at radius 1 is 1.44 bits per heavy atom. The van der Waals surface area contributed by atoms with Crippen LogP contribution in [0.4, 0.5) is 5.69 Å². The van der Waals surface area contributed by atoms with E-state index >= 15 is 0 Å². The number of anilines is 1. The van der Waals surface area contributed by atoms with Crippen LogP contribution in [0.2, 0.25) is 0 Å². The first-order chi connectivity index (χ1) is 8.78. The first-order valence-electron chi connectivity index (χ1n) is 6.12. The third-order valence-electron chi connectivity index (χ3n) is 3.21. The van der Waals surface area contributed by atoms with Gasteiger partial charge in [0.15, 0.2) is 0 Å². The van der Waals surface area contributed by atoms with Gasteiger partial charge in [0.2, 0.25) is 0 Å². The van der Waals surface area contributed by atoms with Crippen molar-refractivity contribution in [1.82, 2.24) is 0 Å². The molecule has 2 rings (SSSR count). The van der Waals surface area contributed by atoms with Crippen molar-refractivity contribution < 1.29 is 9.47 Å². The second-order valence-corrected chi connectivity index (χ2v) is 4.57. The number of rotatable bonds is 6. The fourth-order valence-corrected chi connectivity index (χ4v) is 2.05. The van der Waals surface area contributed by atoms with E-state index in [-0.39, 0.29) is 0 Å². The number of benzene rings is 1. The van der Waals surface area contributed by atoms with E-state index in [2.05, 4.69) is 11.4 Å². The van der Waals surface area contributed by atoms with Crippen LogP contribution in [0.25, 0.3) is 0 Å². The largest absolute Gasteiger partial charge is 0.495 e. The molecule has 1 N–H and O–H groups in total. The van der Waals surface area contributed by atoms with Gasteiger partial charge in [-0.15, -0.1) is 0 Å². The summed E-state index contributed by atoms with van der Waals surface area (Å²) >= 11 is 0. The van der Waals surface area contributed by atoms with E-state index in [1.165, 1.54) is 12.8 Å². The topological polar surface area (TPSA) is 54.3 Å². The normalized spacial score (nSPS) is 15.8. The van der Waals surface area contributed by atoms with Crippen LogP contribution in [-0.2, 0) is 4.74 Å². The first-order valence-corrected chi connectivity index (χ1v) is 6.12. The van der Waals surface area contributed by atoms with Crippen LogP contribution in [0.15, 0.2) is 18.2 Å². The van der Waals surface area contributed by atoms with Crippen LogP contribution in [0, 0.1) is 17.2 Å². The summed E-state index contributed by atoms with van der Waals surface area (Å²) < 4.78 is 10.6. The lowest BCUT2D eigenvalue weighted by molar-refractivity contribution is 0.179. The molecular formula is C14H18N2O2. The molecule has 4 heteroatoms. The summed E-state index contributed by atoms with van der Waals surface area (Å²) in [7, 11) is 3.33. The maximum Gasteiger partial charge on any atom is 0.143 e. The molecule has 0 aliphatic heterocycles. The van der Waals surface area contributed by atoms with Gasteiger partial charge >= 0.3 is 0 Å². The molecule has 0 amide bonds. The number of nitrogens with zero attached hydrogens (tertiary/aromatic N) is 1. The van der Waals surface area contributed by atoms with E-state index in [1.54, 1.807) is 26.4 Å². The highest BCUT2D eigenvalue weighted by molar-refractivity contribution is 5.60. The molecule has 0 aromatic heterocycles. The van der Waals surface area contributed by atoms with Crippen molar-refractivity contribution in [3.63, 3.8) is 0 Å². The number of methoxy groups -OCH3 is 2. The zero-order valence-electron chi connectivity index (χ0n) is 10.8. The van der Waals surface area contributed by atoms with Crippen molar-refractivity contribution in [2.24, 2.45) is 5.92 Å². The summed E-state index contributed by atoms with van der Waals surface area (Å²) in [5.74, 6) is 1.39. The molecule has 1 unspecified atom stereocenters. The molecule has 0 radical (unpaired) electrons. The molecule has 4 nitrogen and oxygen atoms in total. The van der Waals surface area contributed by atoms with Gasteiger partial charge in [0.05, 0.1) is 37.1 Å². The third-order valence-corrected chi connectivity index (χ3v) is 3.21. The van der Waals surface area contributed by atoms with Crippen molar-refractivity contribution in [1.29, 1.82) is 5.26 Å². The minimum atomic E-state index is 0.317. The molecule has 1 saturated carbocycles. The molecule has 0 saturated heterocycles. The van der Waals surface area contributed by atoms with E-state index in [0.717, 1.165) is 5.69 Å². The predicted molar refractivity (Wildman–Crippen MR) is 69.7 cm³/mol. The number of nitriles is 1. The van der Waals surface area contributed by atoms with Gasteiger partial charge < -0.3 is 14.8 Å². The van der Waals surface area contributed by atoms with Crippen LogP contribution in [-0.4, -0.2) is 26.9 Å². The molecule has 96 valence electrons.